The SMILES string of the molecule is COc1ccc(/C=C(/NC(=O)c2ccccc2)C(=O)NN=Cc2cc([N+](=O)[O-])ccc2O)c(OC)c1. The second kappa shape index (κ2) is 11.8. The Labute approximate surface area is 205 Å². The van der Waals surface area contributed by atoms with Crippen LogP contribution in [-0.4, -0.2) is 42.3 Å². The predicted octanol–water partition coefficient (Wildman–Crippen LogP) is 3.24. The van der Waals surface area contributed by atoms with Gasteiger partial charge in [-0.1, -0.05) is 18.2 Å². The highest BCUT2D eigenvalue weighted by Crippen LogP contribution is 2.26. The van der Waals surface area contributed by atoms with Gasteiger partial charge in [0.05, 0.1) is 25.4 Å². The summed E-state index contributed by atoms with van der Waals surface area (Å²) in [6, 6.07) is 16.6. The van der Waals surface area contributed by atoms with E-state index in [1.165, 1.54) is 20.3 Å². The lowest BCUT2D eigenvalue weighted by atomic mass is 10.1. The number of aromatic hydroxyl groups is 1. The van der Waals surface area contributed by atoms with Crippen LogP contribution in [0.5, 0.6) is 17.2 Å². The third kappa shape index (κ3) is 6.44. The fourth-order valence-corrected chi connectivity index (χ4v) is 3.02. The van der Waals surface area contributed by atoms with Crippen LogP contribution < -0.4 is 20.2 Å². The Bertz CT molecular complexity index is 1340. The Morgan fingerprint density at radius 3 is 2.42 bits per heavy atom. The van der Waals surface area contributed by atoms with Gasteiger partial charge in [0.1, 0.15) is 22.9 Å². The number of nitro groups is 1. The number of ether oxygens (including phenoxy) is 2. The Balaban J connectivity index is 1.90. The molecule has 11 nitrogen and oxygen atoms in total. The second-order valence-electron chi connectivity index (χ2n) is 7.19. The molecule has 3 rings (SSSR count). The number of methoxy groups -OCH3 is 2. The largest absolute Gasteiger partial charge is 0.507 e. The van der Waals surface area contributed by atoms with Crippen LogP contribution in [0.25, 0.3) is 6.08 Å². The Hall–Kier alpha value is -5.19. The standard InChI is InChI=1S/C25H22N4O7/c1-35-20-10-8-17(23(14-20)36-2)13-21(27-24(31)16-6-4-3-5-7-16)25(32)28-26-15-18-12-19(29(33)34)9-11-22(18)30/h3-15,30H,1-2H3,(H,27,31)(H,28,32)/b21-13+,26-15?. The molecule has 0 aromatic heterocycles. The van der Waals surface area contributed by atoms with Crippen LogP contribution >= 0.6 is 0 Å². The number of carbonyl (C=O) groups is 2. The van der Waals surface area contributed by atoms with Gasteiger partial charge in [-0.25, -0.2) is 5.43 Å². The number of non-ortho nitro benzene ring substituents is 1. The van der Waals surface area contributed by atoms with Crippen molar-refractivity contribution in [3.05, 3.63) is 99.2 Å². The van der Waals surface area contributed by atoms with Crippen molar-refractivity contribution in [2.45, 2.75) is 0 Å². The van der Waals surface area contributed by atoms with Gasteiger partial charge in [0.15, 0.2) is 0 Å². The Kier molecular flexibility index (Phi) is 8.33. The molecule has 0 fully saturated rings. The highest BCUT2D eigenvalue weighted by molar-refractivity contribution is 6.05. The molecular formula is C25H22N4O7. The molecule has 3 aromatic carbocycles. The molecule has 3 N–H and O–H groups in total. The topological polar surface area (TPSA) is 152 Å². The number of nitro benzene ring substituents is 1. The summed E-state index contributed by atoms with van der Waals surface area (Å²) in [5, 5.41) is 27.2. The molecule has 0 bridgehead atoms. The zero-order valence-corrected chi connectivity index (χ0v) is 19.3. The fourth-order valence-electron chi connectivity index (χ4n) is 3.02. The molecular weight excluding hydrogens is 468 g/mol. The van der Waals surface area contributed by atoms with Crippen LogP contribution in [-0.2, 0) is 4.79 Å². The van der Waals surface area contributed by atoms with Crippen LogP contribution in [0.2, 0.25) is 0 Å². The lowest BCUT2D eigenvalue weighted by Gasteiger charge is -2.11. The molecule has 0 aliphatic heterocycles. The molecule has 3 aromatic rings. The summed E-state index contributed by atoms with van der Waals surface area (Å²) in [5.74, 6) is -0.680. The van der Waals surface area contributed by atoms with Crippen LogP contribution in [0.15, 0.2) is 77.5 Å². The smallest absolute Gasteiger partial charge is 0.287 e. The maximum atomic E-state index is 12.9. The first-order chi connectivity index (χ1) is 17.3. The van der Waals surface area contributed by atoms with Crippen LogP contribution in [0, 0.1) is 10.1 Å². The van der Waals surface area contributed by atoms with Gasteiger partial charge in [-0.15, -0.1) is 0 Å². The van der Waals surface area contributed by atoms with E-state index < -0.39 is 16.7 Å². The number of nitrogens with one attached hydrogen (secondary N) is 2. The highest BCUT2D eigenvalue weighted by atomic mass is 16.6. The van der Waals surface area contributed by atoms with Gasteiger partial charge in [-0.05, 0) is 36.4 Å². The Morgan fingerprint density at radius 1 is 1.00 bits per heavy atom. The number of amides is 2. The van der Waals surface area contributed by atoms with E-state index in [2.05, 4.69) is 15.8 Å². The monoisotopic (exact) mass is 490 g/mol. The van der Waals surface area contributed by atoms with E-state index in [4.69, 9.17) is 9.47 Å². The van der Waals surface area contributed by atoms with Crippen molar-refractivity contribution in [1.82, 2.24) is 10.7 Å². The number of phenolic OH excluding ortho intramolecular Hbond substituents is 1. The molecule has 0 heterocycles. The van der Waals surface area contributed by atoms with Crippen molar-refractivity contribution in [2.75, 3.05) is 14.2 Å². The van der Waals surface area contributed by atoms with Crippen LogP contribution in [0.3, 0.4) is 0 Å². The summed E-state index contributed by atoms with van der Waals surface area (Å²) >= 11 is 0. The maximum absolute atomic E-state index is 12.9. The summed E-state index contributed by atoms with van der Waals surface area (Å²) in [5.41, 5.74) is 2.63. The van der Waals surface area contributed by atoms with E-state index in [1.54, 1.807) is 48.5 Å². The van der Waals surface area contributed by atoms with E-state index in [0.717, 1.165) is 24.4 Å². The zero-order chi connectivity index (χ0) is 26.1. The van der Waals surface area contributed by atoms with Crippen molar-refractivity contribution < 1.29 is 29.1 Å². The van der Waals surface area contributed by atoms with Gasteiger partial charge < -0.3 is 19.9 Å². The number of benzene rings is 3. The van der Waals surface area contributed by atoms with Crippen molar-refractivity contribution in [2.24, 2.45) is 5.10 Å². The quantitative estimate of drug-likeness (QED) is 0.180. The molecule has 0 unspecified atom stereocenters. The number of rotatable bonds is 9. The van der Waals surface area contributed by atoms with Gasteiger partial charge in [0.2, 0.25) is 0 Å². The number of nitrogens with zero attached hydrogens (tertiary/aromatic N) is 2. The minimum absolute atomic E-state index is 0.0141. The third-order valence-electron chi connectivity index (χ3n) is 4.86. The number of hydrogen-bond acceptors (Lipinski definition) is 8. The van der Waals surface area contributed by atoms with Gasteiger partial charge in [0, 0.05) is 34.9 Å². The minimum atomic E-state index is -0.793. The van der Waals surface area contributed by atoms with Gasteiger partial charge >= 0.3 is 0 Å². The average Bonchev–Trinajstić information content (AvgIpc) is 2.89. The zero-order valence-electron chi connectivity index (χ0n) is 19.3. The van der Waals surface area contributed by atoms with E-state index in [-0.39, 0.29) is 22.7 Å². The van der Waals surface area contributed by atoms with E-state index in [1.807, 2.05) is 0 Å². The highest BCUT2D eigenvalue weighted by Gasteiger charge is 2.16. The molecule has 0 saturated carbocycles. The van der Waals surface area contributed by atoms with Crippen LogP contribution in [0.4, 0.5) is 5.69 Å². The molecule has 0 spiro atoms. The van der Waals surface area contributed by atoms with Crippen molar-refractivity contribution in [3.8, 4) is 17.2 Å². The summed E-state index contributed by atoms with van der Waals surface area (Å²) in [6.07, 6.45) is 2.44. The molecule has 36 heavy (non-hydrogen) atoms. The number of hydrazone groups is 1. The summed E-state index contributed by atoms with van der Waals surface area (Å²) in [6.45, 7) is 0. The summed E-state index contributed by atoms with van der Waals surface area (Å²) < 4.78 is 10.5. The normalized spacial score (nSPS) is 11.1. The molecule has 0 atom stereocenters. The number of phenols is 1. The van der Waals surface area contributed by atoms with Gasteiger partial charge in [-0.2, -0.15) is 5.10 Å². The predicted molar refractivity (Wildman–Crippen MR) is 132 cm³/mol. The third-order valence-corrected chi connectivity index (χ3v) is 4.86. The van der Waals surface area contributed by atoms with Gasteiger partial charge in [0.25, 0.3) is 17.5 Å². The first-order valence-corrected chi connectivity index (χ1v) is 10.4. The number of hydrogen-bond donors (Lipinski definition) is 3. The second-order valence-corrected chi connectivity index (χ2v) is 7.19. The molecule has 0 aliphatic carbocycles. The lowest BCUT2D eigenvalue weighted by Crippen LogP contribution is -2.32. The van der Waals surface area contributed by atoms with E-state index >= 15 is 0 Å². The molecule has 0 saturated heterocycles. The van der Waals surface area contributed by atoms with Crippen molar-refractivity contribution >= 4 is 29.8 Å². The summed E-state index contributed by atoms with van der Waals surface area (Å²) in [4.78, 5) is 36.0. The number of carbonyl (C=O) groups excluding carboxylic acids is 2. The Morgan fingerprint density at radius 2 is 1.75 bits per heavy atom. The van der Waals surface area contributed by atoms with E-state index in [9.17, 15) is 24.8 Å². The lowest BCUT2D eigenvalue weighted by molar-refractivity contribution is -0.384. The molecule has 2 amide bonds. The van der Waals surface area contributed by atoms with Crippen molar-refractivity contribution in [3.63, 3.8) is 0 Å². The van der Waals surface area contributed by atoms with E-state index in [0.29, 0.717) is 22.6 Å². The molecule has 184 valence electrons. The molecule has 0 aliphatic rings. The van der Waals surface area contributed by atoms with Crippen LogP contribution in [0.1, 0.15) is 21.5 Å². The molecule has 0 radical (unpaired) electrons. The van der Waals surface area contributed by atoms with Crippen molar-refractivity contribution in [1.29, 1.82) is 0 Å². The first kappa shape index (κ1) is 25.4. The summed E-state index contributed by atoms with van der Waals surface area (Å²) in [7, 11) is 2.95. The molecule has 11 heteroatoms. The van der Waals surface area contributed by atoms with Gasteiger partial charge in [-0.3, -0.25) is 19.7 Å². The maximum Gasteiger partial charge on any atom is 0.287 e. The average molecular weight is 490 g/mol. The first-order valence-electron chi connectivity index (χ1n) is 10.4. The fraction of sp³-hybridized carbons (Fsp3) is 0.0800. The minimum Gasteiger partial charge on any atom is -0.507 e.